The Morgan fingerprint density at radius 3 is 3.00 bits per heavy atom. The zero-order chi connectivity index (χ0) is 12.7. The van der Waals surface area contributed by atoms with Gasteiger partial charge in [0.25, 0.3) is 0 Å². The largest absolute Gasteiger partial charge is 0.477 e. The van der Waals surface area contributed by atoms with Crippen LogP contribution in [0, 0.1) is 0 Å². The third-order valence-corrected chi connectivity index (χ3v) is 3.24. The summed E-state index contributed by atoms with van der Waals surface area (Å²) in [4.78, 5) is 17.1. The van der Waals surface area contributed by atoms with Gasteiger partial charge in [-0.25, -0.2) is 9.78 Å². The van der Waals surface area contributed by atoms with E-state index in [1.165, 1.54) is 6.20 Å². The minimum atomic E-state index is -0.994. The van der Waals surface area contributed by atoms with E-state index in [4.69, 9.17) is 5.11 Å². The number of pyridine rings is 1. The predicted octanol–water partition coefficient (Wildman–Crippen LogP) is 0.603. The molecule has 0 bridgehead atoms. The summed E-state index contributed by atoms with van der Waals surface area (Å²) in [6.45, 7) is 1.42. The van der Waals surface area contributed by atoms with Crippen LogP contribution in [-0.2, 0) is 0 Å². The molecular weight excluding hydrogens is 234 g/mol. The fraction of sp³-hybridized carbons (Fsp3) is 0.333. The lowest BCUT2D eigenvalue weighted by Crippen LogP contribution is -2.21. The normalized spacial score (nSPS) is 19.6. The number of carbonyl (C=O) groups is 1. The number of aliphatic hydroxyl groups excluding tert-OH is 1. The van der Waals surface area contributed by atoms with Crippen LogP contribution in [0.4, 0.5) is 5.69 Å². The first-order chi connectivity index (χ1) is 8.65. The van der Waals surface area contributed by atoms with Crippen molar-refractivity contribution in [1.82, 2.24) is 9.38 Å². The van der Waals surface area contributed by atoms with Gasteiger partial charge in [0.1, 0.15) is 5.65 Å². The SMILES string of the molecule is O=C(O)c1cnc2cc(N3CCC(O)C3)ccn12. The molecule has 0 aliphatic carbocycles. The van der Waals surface area contributed by atoms with Crippen LogP contribution in [0.15, 0.2) is 24.5 Å². The standard InChI is InChI=1S/C12H13N3O3/c16-9-2-3-14(7-9)8-1-4-15-10(12(17)18)6-13-11(15)5-8/h1,4-6,9,16H,2-3,7H2,(H,17,18). The molecule has 2 aromatic rings. The molecule has 0 spiro atoms. The summed E-state index contributed by atoms with van der Waals surface area (Å²) in [5.74, 6) is -0.994. The van der Waals surface area contributed by atoms with Crippen molar-refractivity contribution in [2.75, 3.05) is 18.0 Å². The van der Waals surface area contributed by atoms with Crippen LogP contribution in [-0.4, -0.2) is 44.8 Å². The summed E-state index contributed by atoms with van der Waals surface area (Å²) in [6.07, 6.45) is 3.53. The third-order valence-electron chi connectivity index (χ3n) is 3.24. The number of hydrogen-bond acceptors (Lipinski definition) is 4. The van der Waals surface area contributed by atoms with Crippen LogP contribution >= 0.6 is 0 Å². The van der Waals surface area contributed by atoms with Crippen molar-refractivity contribution in [3.05, 3.63) is 30.2 Å². The number of hydrogen-bond donors (Lipinski definition) is 2. The maximum absolute atomic E-state index is 11.0. The molecule has 2 aromatic heterocycles. The second-order valence-electron chi connectivity index (χ2n) is 4.45. The summed E-state index contributed by atoms with van der Waals surface area (Å²) in [6, 6.07) is 3.68. The third kappa shape index (κ3) is 1.70. The maximum Gasteiger partial charge on any atom is 0.354 e. The minimum Gasteiger partial charge on any atom is -0.477 e. The van der Waals surface area contributed by atoms with Gasteiger partial charge in [0.2, 0.25) is 0 Å². The number of aromatic nitrogens is 2. The number of fused-ring (bicyclic) bond motifs is 1. The molecule has 2 N–H and O–H groups in total. The van der Waals surface area contributed by atoms with E-state index in [1.54, 1.807) is 10.6 Å². The van der Waals surface area contributed by atoms with Crippen molar-refractivity contribution in [1.29, 1.82) is 0 Å². The second kappa shape index (κ2) is 3.99. The molecule has 6 heteroatoms. The van der Waals surface area contributed by atoms with E-state index >= 15 is 0 Å². The van der Waals surface area contributed by atoms with E-state index in [2.05, 4.69) is 9.88 Å². The zero-order valence-corrected chi connectivity index (χ0v) is 9.65. The van der Waals surface area contributed by atoms with E-state index < -0.39 is 5.97 Å². The van der Waals surface area contributed by atoms with Crippen LogP contribution in [0.3, 0.4) is 0 Å². The van der Waals surface area contributed by atoms with Crippen molar-refractivity contribution >= 4 is 17.3 Å². The second-order valence-corrected chi connectivity index (χ2v) is 4.45. The molecule has 1 fully saturated rings. The van der Waals surface area contributed by atoms with Crippen LogP contribution in [0.5, 0.6) is 0 Å². The van der Waals surface area contributed by atoms with Crippen molar-refractivity contribution in [2.24, 2.45) is 0 Å². The summed E-state index contributed by atoms with van der Waals surface area (Å²) in [7, 11) is 0. The first-order valence-electron chi connectivity index (χ1n) is 5.78. The lowest BCUT2D eigenvalue weighted by molar-refractivity contribution is 0.0689. The topological polar surface area (TPSA) is 78.1 Å². The first kappa shape index (κ1) is 11.0. The molecule has 3 heterocycles. The smallest absolute Gasteiger partial charge is 0.354 e. The number of nitrogens with zero attached hydrogens (tertiary/aromatic N) is 3. The monoisotopic (exact) mass is 247 g/mol. The molecule has 1 aliphatic rings. The predicted molar refractivity (Wildman–Crippen MR) is 65.0 cm³/mol. The van der Waals surface area contributed by atoms with Gasteiger partial charge in [-0.2, -0.15) is 0 Å². The van der Waals surface area contributed by atoms with Crippen molar-refractivity contribution in [3.63, 3.8) is 0 Å². The molecule has 6 nitrogen and oxygen atoms in total. The van der Waals surface area contributed by atoms with Gasteiger partial charge in [-0.3, -0.25) is 4.40 Å². The van der Waals surface area contributed by atoms with Crippen LogP contribution in [0.2, 0.25) is 0 Å². The Hall–Kier alpha value is -2.08. The number of imidazole rings is 1. The molecule has 0 saturated carbocycles. The van der Waals surface area contributed by atoms with Gasteiger partial charge < -0.3 is 15.1 Å². The molecule has 0 radical (unpaired) electrons. The molecular formula is C12H13N3O3. The van der Waals surface area contributed by atoms with Gasteiger partial charge in [-0.1, -0.05) is 0 Å². The number of β-amino-alcohol motifs (C(OH)–C–C–N with tert-alkyl or cyclic N) is 1. The van der Waals surface area contributed by atoms with Gasteiger partial charge in [0, 0.05) is 31.0 Å². The zero-order valence-electron chi connectivity index (χ0n) is 9.65. The fourth-order valence-corrected chi connectivity index (χ4v) is 2.30. The number of aliphatic hydroxyl groups is 1. The van der Waals surface area contributed by atoms with Crippen LogP contribution in [0.1, 0.15) is 16.9 Å². The number of aromatic carboxylic acids is 1. The van der Waals surface area contributed by atoms with Crippen molar-refractivity contribution < 1.29 is 15.0 Å². The average molecular weight is 247 g/mol. The Kier molecular flexibility index (Phi) is 2.45. The van der Waals surface area contributed by atoms with Crippen LogP contribution < -0.4 is 4.90 Å². The Morgan fingerprint density at radius 2 is 2.33 bits per heavy atom. The van der Waals surface area contributed by atoms with E-state index in [0.717, 1.165) is 18.7 Å². The fourth-order valence-electron chi connectivity index (χ4n) is 2.30. The molecule has 18 heavy (non-hydrogen) atoms. The lowest BCUT2D eigenvalue weighted by atomic mass is 10.3. The quantitative estimate of drug-likeness (QED) is 0.812. The molecule has 3 rings (SSSR count). The number of rotatable bonds is 2. The first-order valence-corrected chi connectivity index (χ1v) is 5.78. The van der Waals surface area contributed by atoms with E-state index in [-0.39, 0.29) is 11.8 Å². The Morgan fingerprint density at radius 1 is 1.50 bits per heavy atom. The number of carboxylic acid groups (broad SMARTS) is 1. The molecule has 1 atom stereocenters. The Labute approximate surface area is 103 Å². The van der Waals surface area contributed by atoms with Crippen molar-refractivity contribution in [2.45, 2.75) is 12.5 Å². The number of anilines is 1. The highest BCUT2D eigenvalue weighted by Gasteiger charge is 2.21. The summed E-state index contributed by atoms with van der Waals surface area (Å²) >= 11 is 0. The van der Waals surface area contributed by atoms with Gasteiger partial charge in [0.15, 0.2) is 5.69 Å². The molecule has 1 aliphatic heterocycles. The summed E-state index contributed by atoms with van der Waals surface area (Å²) in [5.41, 5.74) is 1.71. The highest BCUT2D eigenvalue weighted by atomic mass is 16.4. The highest BCUT2D eigenvalue weighted by Crippen LogP contribution is 2.22. The van der Waals surface area contributed by atoms with Crippen molar-refractivity contribution in [3.8, 4) is 0 Å². The Bertz CT molecular complexity index is 608. The lowest BCUT2D eigenvalue weighted by Gasteiger charge is -2.17. The summed E-state index contributed by atoms with van der Waals surface area (Å²) < 4.78 is 1.54. The highest BCUT2D eigenvalue weighted by molar-refractivity contribution is 5.86. The van der Waals surface area contributed by atoms with E-state index in [1.807, 2.05) is 12.1 Å². The van der Waals surface area contributed by atoms with Crippen LogP contribution in [0.25, 0.3) is 5.65 Å². The van der Waals surface area contributed by atoms with Gasteiger partial charge >= 0.3 is 5.97 Å². The number of carboxylic acids is 1. The maximum atomic E-state index is 11.0. The molecule has 1 saturated heterocycles. The summed E-state index contributed by atoms with van der Waals surface area (Å²) in [5, 5.41) is 18.5. The molecule has 1 unspecified atom stereocenters. The Balaban J connectivity index is 1.99. The van der Waals surface area contributed by atoms with Gasteiger partial charge in [-0.05, 0) is 12.5 Å². The van der Waals surface area contributed by atoms with Gasteiger partial charge in [0.05, 0.1) is 12.3 Å². The molecule has 94 valence electrons. The minimum absolute atomic E-state index is 0.151. The molecule has 0 amide bonds. The van der Waals surface area contributed by atoms with E-state index in [0.29, 0.717) is 12.2 Å². The van der Waals surface area contributed by atoms with Gasteiger partial charge in [-0.15, -0.1) is 0 Å². The average Bonchev–Trinajstić information content (AvgIpc) is 2.93. The van der Waals surface area contributed by atoms with E-state index in [9.17, 15) is 9.90 Å². The molecule has 0 aromatic carbocycles.